The van der Waals surface area contributed by atoms with Gasteiger partial charge in [0.25, 0.3) is 0 Å². The number of benzene rings is 2. The number of ether oxygens (including phenoxy) is 1. The molecule has 19 heavy (non-hydrogen) atoms. The SMILES string of the molecule is O=C(Nc1ccc(Cl)c(I)c1)OCc1ccccc1. The van der Waals surface area contributed by atoms with Gasteiger partial charge in [-0.1, -0.05) is 41.9 Å². The number of hydrogen-bond donors (Lipinski definition) is 1. The average molecular weight is 388 g/mol. The van der Waals surface area contributed by atoms with Crippen LogP contribution in [0.2, 0.25) is 5.02 Å². The first-order chi connectivity index (χ1) is 9.15. The molecule has 0 bridgehead atoms. The van der Waals surface area contributed by atoms with Gasteiger partial charge >= 0.3 is 6.09 Å². The van der Waals surface area contributed by atoms with E-state index in [0.717, 1.165) is 9.13 Å². The van der Waals surface area contributed by atoms with E-state index in [2.05, 4.69) is 27.9 Å². The summed E-state index contributed by atoms with van der Waals surface area (Å²) in [6.45, 7) is 0.247. The van der Waals surface area contributed by atoms with Gasteiger partial charge in [0, 0.05) is 9.26 Å². The third-order valence-electron chi connectivity index (χ3n) is 2.38. The van der Waals surface area contributed by atoms with Gasteiger partial charge in [-0.15, -0.1) is 0 Å². The molecule has 0 fully saturated rings. The van der Waals surface area contributed by atoms with Gasteiger partial charge in [-0.25, -0.2) is 4.79 Å². The number of halogens is 2. The minimum atomic E-state index is -0.484. The minimum absolute atomic E-state index is 0.247. The summed E-state index contributed by atoms with van der Waals surface area (Å²) in [6.07, 6.45) is -0.484. The summed E-state index contributed by atoms with van der Waals surface area (Å²) in [7, 11) is 0. The Hall–Kier alpha value is -1.27. The highest BCUT2D eigenvalue weighted by Crippen LogP contribution is 2.22. The Morgan fingerprint density at radius 2 is 1.95 bits per heavy atom. The number of carbonyl (C=O) groups is 1. The van der Waals surface area contributed by atoms with E-state index in [1.54, 1.807) is 18.2 Å². The molecule has 2 aromatic rings. The average Bonchev–Trinajstić information content (AvgIpc) is 2.42. The van der Waals surface area contributed by atoms with E-state index in [-0.39, 0.29) is 6.61 Å². The van der Waals surface area contributed by atoms with Gasteiger partial charge in [-0.2, -0.15) is 0 Å². The van der Waals surface area contributed by atoms with E-state index in [9.17, 15) is 4.79 Å². The molecule has 0 saturated heterocycles. The maximum absolute atomic E-state index is 11.6. The van der Waals surface area contributed by atoms with E-state index >= 15 is 0 Å². The molecule has 3 nitrogen and oxygen atoms in total. The molecule has 0 saturated carbocycles. The second-order valence-electron chi connectivity index (χ2n) is 3.82. The standard InChI is InChI=1S/C14H11ClINO2/c15-12-7-6-11(8-13(12)16)17-14(18)19-9-10-4-2-1-3-5-10/h1-8H,9H2,(H,17,18). The number of hydrogen-bond acceptors (Lipinski definition) is 2. The molecule has 0 heterocycles. The third-order valence-corrected chi connectivity index (χ3v) is 3.92. The lowest BCUT2D eigenvalue weighted by Gasteiger charge is -2.07. The maximum Gasteiger partial charge on any atom is 0.411 e. The van der Waals surface area contributed by atoms with Crippen molar-refractivity contribution in [1.82, 2.24) is 0 Å². The topological polar surface area (TPSA) is 38.3 Å². The minimum Gasteiger partial charge on any atom is -0.444 e. The zero-order valence-corrected chi connectivity index (χ0v) is 12.8. The van der Waals surface area contributed by atoms with Gasteiger partial charge in [0.1, 0.15) is 6.61 Å². The van der Waals surface area contributed by atoms with E-state index in [1.165, 1.54) is 0 Å². The summed E-state index contributed by atoms with van der Waals surface area (Å²) in [5.41, 5.74) is 1.61. The highest BCUT2D eigenvalue weighted by Gasteiger charge is 2.05. The lowest BCUT2D eigenvalue weighted by molar-refractivity contribution is 0.155. The predicted octanol–water partition coefficient (Wildman–Crippen LogP) is 4.69. The van der Waals surface area contributed by atoms with Crippen LogP contribution in [-0.2, 0) is 11.3 Å². The highest BCUT2D eigenvalue weighted by molar-refractivity contribution is 14.1. The summed E-state index contributed by atoms with van der Waals surface area (Å²) in [5.74, 6) is 0. The van der Waals surface area contributed by atoms with Gasteiger partial charge in [0.15, 0.2) is 0 Å². The zero-order chi connectivity index (χ0) is 13.7. The Kier molecular flexibility index (Phi) is 5.04. The van der Waals surface area contributed by atoms with Crippen LogP contribution in [-0.4, -0.2) is 6.09 Å². The van der Waals surface area contributed by atoms with Gasteiger partial charge in [0.2, 0.25) is 0 Å². The number of carbonyl (C=O) groups excluding carboxylic acids is 1. The molecule has 1 N–H and O–H groups in total. The van der Waals surface area contributed by atoms with Gasteiger partial charge in [-0.3, -0.25) is 5.32 Å². The molecule has 0 unspecified atom stereocenters. The number of anilines is 1. The maximum atomic E-state index is 11.6. The Bertz CT molecular complexity index is 575. The van der Waals surface area contributed by atoms with Crippen molar-refractivity contribution in [2.45, 2.75) is 6.61 Å². The van der Waals surface area contributed by atoms with Crippen LogP contribution in [0.25, 0.3) is 0 Å². The zero-order valence-electron chi connectivity index (χ0n) is 9.90. The number of amides is 1. The molecule has 0 atom stereocenters. The molecule has 0 radical (unpaired) electrons. The van der Waals surface area contributed by atoms with Crippen molar-refractivity contribution < 1.29 is 9.53 Å². The van der Waals surface area contributed by atoms with Gasteiger partial charge in [0.05, 0.1) is 5.02 Å². The number of rotatable bonds is 3. The molecule has 5 heteroatoms. The molecule has 0 aliphatic rings. The van der Waals surface area contributed by atoms with Crippen LogP contribution in [0.3, 0.4) is 0 Å². The fourth-order valence-electron chi connectivity index (χ4n) is 1.45. The van der Waals surface area contributed by atoms with E-state index in [0.29, 0.717) is 10.7 Å². The molecule has 0 aromatic heterocycles. The smallest absolute Gasteiger partial charge is 0.411 e. The molecule has 0 aliphatic carbocycles. The lowest BCUT2D eigenvalue weighted by atomic mass is 10.2. The quantitative estimate of drug-likeness (QED) is 0.776. The van der Waals surface area contributed by atoms with Crippen LogP contribution in [0.15, 0.2) is 48.5 Å². The van der Waals surface area contributed by atoms with Crippen molar-refractivity contribution in [3.05, 3.63) is 62.7 Å². The summed E-state index contributed by atoms with van der Waals surface area (Å²) >= 11 is 8.01. The molecular weight excluding hydrogens is 377 g/mol. The number of nitrogens with one attached hydrogen (secondary N) is 1. The largest absolute Gasteiger partial charge is 0.444 e. The first-order valence-corrected chi connectivity index (χ1v) is 7.03. The third kappa shape index (κ3) is 4.40. The first kappa shape index (κ1) is 14.1. The fourth-order valence-corrected chi connectivity index (χ4v) is 2.08. The normalized spacial score (nSPS) is 10.0. The molecule has 2 aromatic carbocycles. The summed E-state index contributed by atoms with van der Waals surface area (Å²) in [5, 5.41) is 3.31. The molecule has 1 amide bonds. The van der Waals surface area contributed by atoms with Crippen molar-refractivity contribution in [2.75, 3.05) is 5.32 Å². The van der Waals surface area contributed by atoms with Gasteiger partial charge in [-0.05, 0) is 46.4 Å². The van der Waals surface area contributed by atoms with Crippen molar-refractivity contribution in [3.8, 4) is 0 Å². The summed E-state index contributed by atoms with van der Waals surface area (Å²) in [4.78, 5) is 11.6. The van der Waals surface area contributed by atoms with Crippen molar-refractivity contribution in [1.29, 1.82) is 0 Å². The van der Waals surface area contributed by atoms with Crippen LogP contribution in [0.4, 0.5) is 10.5 Å². The Morgan fingerprint density at radius 1 is 1.21 bits per heavy atom. The Labute approximate surface area is 130 Å². The van der Waals surface area contributed by atoms with Crippen LogP contribution in [0.1, 0.15) is 5.56 Å². The molecule has 98 valence electrons. The molecular formula is C14H11ClINO2. The van der Waals surface area contributed by atoms with Crippen molar-refractivity contribution in [3.63, 3.8) is 0 Å². The fraction of sp³-hybridized carbons (Fsp3) is 0.0714. The Morgan fingerprint density at radius 3 is 2.63 bits per heavy atom. The molecule has 0 spiro atoms. The van der Waals surface area contributed by atoms with Crippen LogP contribution >= 0.6 is 34.2 Å². The van der Waals surface area contributed by atoms with E-state index in [4.69, 9.17) is 16.3 Å². The van der Waals surface area contributed by atoms with Gasteiger partial charge < -0.3 is 4.74 Å². The Balaban J connectivity index is 1.89. The van der Waals surface area contributed by atoms with Crippen LogP contribution in [0.5, 0.6) is 0 Å². The second-order valence-corrected chi connectivity index (χ2v) is 5.39. The monoisotopic (exact) mass is 387 g/mol. The van der Waals surface area contributed by atoms with Crippen LogP contribution in [0, 0.1) is 3.57 Å². The molecule has 2 rings (SSSR count). The second kappa shape index (κ2) is 6.77. The predicted molar refractivity (Wildman–Crippen MR) is 84.4 cm³/mol. The van der Waals surface area contributed by atoms with E-state index in [1.807, 2.05) is 30.3 Å². The van der Waals surface area contributed by atoms with Crippen molar-refractivity contribution in [2.24, 2.45) is 0 Å². The highest BCUT2D eigenvalue weighted by atomic mass is 127. The van der Waals surface area contributed by atoms with Crippen molar-refractivity contribution >= 4 is 46.0 Å². The summed E-state index contributed by atoms with van der Waals surface area (Å²) in [6, 6.07) is 14.8. The molecule has 0 aliphatic heterocycles. The van der Waals surface area contributed by atoms with Crippen LogP contribution < -0.4 is 5.32 Å². The first-order valence-electron chi connectivity index (χ1n) is 5.58. The summed E-state index contributed by atoms with van der Waals surface area (Å²) < 4.78 is 5.99. The van der Waals surface area contributed by atoms with E-state index < -0.39 is 6.09 Å². The lowest BCUT2D eigenvalue weighted by Crippen LogP contribution is -2.13.